The van der Waals surface area contributed by atoms with E-state index in [4.69, 9.17) is 14.6 Å². The van der Waals surface area contributed by atoms with Crippen LogP contribution in [0.4, 0.5) is 4.39 Å². The van der Waals surface area contributed by atoms with Gasteiger partial charge in [0.2, 0.25) is 0 Å². The van der Waals surface area contributed by atoms with Crippen LogP contribution in [-0.4, -0.2) is 24.8 Å². The molecule has 4 nitrogen and oxygen atoms in total. The SMILES string of the molecule is CCCOc1cc(C(=O)O)c(F)cc1OC. The Morgan fingerprint density at radius 2 is 2.12 bits per heavy atom. The Balaban J connectivity index is 3.12. The van der Waals surface area contributed by atoms with Gasteiger partial charge in [-0.25, -0.2) is 9.18 Å². The van der Waals surface area contributed by atoms with Crippen molar-refractivity contribution >= 4 is 5.97 Å². The van der Waals surface area contributed by atoms with Gasteiger partial charge < -0.3 is 14.6 Å². The Hall–Kier alpha value is -1.78. The second kappa shape index (κ2) is 5.34. The molecule has 0 aliphatic carbocycles. The summed E-state index contributed by atoms with van der Waals surface area (Å²) in [4.78, 5) is 10.7. The number of carbonyl (C=O) groups is 1. The monoisotopic (exact) mass is 228 g/mol. The third-order valence-electron chi connectivity index (χ3n) is 1.95. The van der Waals surface area contributed by atoms with Gasteiger partial charge in [-0.05, 0) is 6.42 Å². The topological polar surface area (TPSA) is 55.8 Å². The minimum Gasteiger partial charge on any atom is -0.493 e. The second-order valence-corrected chi connectivity index (χ2v) is 3.14. The standard InChI is InChI=1S/C11H13FO4/c1-3-4-16-10-5-7(11(13)14)8(12)6-9(10)15-2/h5-6H,3-4H2,1-2H3,(H,13,14). The van der Waals surface area contributed by atoms with Gasteiger partial charge in [-0.15, -0.1) is 0 Å². The van der Waals surface area contributed by atoms with Gasteiger partial charge in [0, 0.05) is 12.1 Å². The van der Waals surface area contributed by atoms with Crippen molar-refractivity contribution in [3.05, 3.63) is 23.5 Å². The van der Waals surface area contributed by atoms with Crippen LogP contribution in [0.2, 0.25) is 0 Å². The average Bonchev–Trinajstić information content (AvgIpc) is 2.26. The van der Waals surface area contributed by atoms with E-state index in [1.807, 2.05) is 6.92 Å². The number of ether oxygens (including phenoxy) is 2. The minimum atomic E-state index is -1.33. The van der Waals surface area contributed by atoms with Gasteiger partial charge in [-0.3, -0.25) is 0 Å². The highest BCUT2D eigenvalue weighted by Gasteiger charge is 2.16. The molecule has 1 rings (SSSR count). The summed E-state index contributed by atoms with van der Waals surface area (Å²) in [5.41, 5.74) is -0.424. The molecule has 0 atom stereocenters. The predicted molar refractivity (Wildman–Crippen MR) is 55.7 cm³/mol. The molecule has 0 unspecified atom stereocenters. The summed E-state index contributed by atoms with van der Waals surface area (Å²) in [5, 5.41) is 8.74. The minimum absolute atomic E-state index is 0.191. The molecular weight excluding hydrogens is 215 g/mol. The largest absolute Gasteiger partial charge is 0.493 e. The summed E-state index contributed by atoms with van der Waals surface area (Å²) < 4.78 is 23.4. The zero-order chi connectivity index (χ0) is 12.1. The number of methoxy groups -OCH3 is 1. The van der Waals surface area contributed by atoms with E-state index in [-0.39, 0.29) is 11.5 Å². The van der Waals surface area contributed by atoms with Gasteiger partial charge in [0.05, 0.1) is 19.3 Å². The first-order valence-electron chi connectivity index (χ1n) is 4.83. The fraction of sp³-hybridized carbons (Fsp3) is 0.364. The van der Waals surface area contributed by atoms with Gasteiger partial charge in [0.1, 0.15) is 5.82 Å². The molecule has 0 aromatic heterocycles. The number of hydrogen-bond acceptors (Lipinski definition) is 3. The summed E-state index contributed by atoms with van der Waals surface area (Å²) in [6, 6.07) is 2.14. The van der Waals surface area contributed by atoms with Crippen molar-refractivity contribution in [2.24, 2.45) is 0 Å². The number of carboxylic acids is 1. The Kier molecular flexibility index (Phi) is 4.10. The van der Waals surface area contributed by atoms with Crippen LogP contribution in [0, 0.1) is 5.82 Å². The molecule has 1 aromatic rings. The van der Waals surface area contributed by atoms with E-state index in [0.29, 0.717) is 6.61 Å². The van der Waals surface area contributed by atoms with Gasteiger partial charge in [-0.1, -0.05) is 6.92 Å². The summed E-state index contributed by atoms with van der Waals surface area (Å²) >= 11 is 0. The molecule has 0 bridgehead atoms. The summed E-state index contributed by atoms with van der Waals surface area (Å²) in [6.45, 7) is 2.33. The van der Waals surface area contributed by atoms with E-state index in [1.54, 1.807) is 0 Å². The molecule has 0 fully saturated rings. The third kappa shape index (κ3) is 2.62. The molecule has 16 heavy (non-hydrogen) atoms. The quantitative estimate of drug-likeness (QED) is 0.840. The van der Waals surface area contributed by atoms with Crippen molar-refractivity contribution in [3.8, 4) is 11.5 Å². The maximum Gasteiger partial charge on any atom is 0.338 e. The Morgan fingerprint density at radius 3 is 2.62 bits per heavy atom. The Labute approximate surface area is 92.6 Å². The molecule has 88 valence electrons. The van der Waals surface area contributed by atoms with E-state index < -0.39 is 17.3 Å². The fourth-order valence-electron chi connectivity index (χ4n) is 1.18. The molecule has 0 saturated heterocycles. The smallest absolute Gasteiger partial charge is 0.338 e. The first kappa shape index (κ1) is 12.3. The van der Waals surface area contributed by atoms with Gasteiger partial charge in [0.25, 0.3) is 0 Å². The average molecular weight is 228 g/mol. The lowest BCUT2D eigenvalue weighted by atomic mass is 10.2. The lowest BCUT2D eigenvalue weighted by molar-refractivity contribution is 0.0691. The molecule has 0 aliphatic heterocycles. The summed E-state index contributed by atoms with van der Waals surface area (Å²) in [5.74, 6) is -1.74. The Bertz CT molecular complexity index is 390. The van der Waals surface area contributed by atoms with Crippen molar-refractivity contribution in [2.45, 2.75) is 13.3 Å². The van der Waals surface area contributed by atoms with E-state index in [0.717, 1.165) is 18.6 Å². The first-order valence-corrected chi connectivity index (χ1v) is 4.83. The van der Waals surface area contributed by atoms with Crippen LogP contribution in [0.15, 0.2) is 12.1 Å². The van der Waals surface area contributed by atoms with Crippen molar-refractivity contribution in [3.63, 3.8) is 0 Å². The maximum atomic E-state index is 13.3. The number of carboxylic acid groups (broad SMARTS) is 1. The molecule has 1 aromatic carbocycles. The molecular formula is C11H13FO4. The van der Waals surface area contributed by atoms with Crippen molar-refractivity contribution in [2.75, 3.05) is 13.7 Å². The Morgan fingerprint density at radius 1 is 1.44 bits per heavy atom. The van der Waals surface area contributed by atoms with Crippen LogP contribution in [0.5, 0.6) is 11.5 Å². The fourth-order valence-corrected chi connectivity index (χ4v) is 1.18. The zero-order valence-corrected chi connectivity index (χ0v) is 9.12. The molecule has 0 spiro atoms. The first-order chi connectivity index (χ1) is 7.60. The maximum absolute atomic E-state index is 13.3. The van der Waals surface area contributed by atoms with Gasteiger partial charge >= 0.3 is 5.97 Å². The molecule has 0 aliphatic rings. The molecule has 0 amide bonds. The van der Waals surface area contributed by atoms with Gasteiger partial charge in [0.15, 0.2) is 11.5 Å². The summed E-state index contributed by atoms with van der Waals surface area (Å²) in [7, 11) is 1.37. The predicted octanol–water partition coefficient (Wildman–Crippen LogP) is 2.32. The highest BCUT2D eigenvalue weighted by atomic mass is 19.1. The van der Waals surface area contributed by atoms with Crippen LogP contribution < -0.4 is 9.47 Å². The number of benzene rings is 1. The van der Waals surface area contributed by atoms with Gasteiger partial charge in [-0.2, -0.15) is 0 Å². The number of aromatic carboxylic acids is 1. The molecule has 0 radical (unpaired) electrons. The second-order valence-electron chi connectivity index (χ2n) is 3.14. The lowest BCUT2D eigenvalue weighted by Crippen LogP contribution is -2.04. The van der Waals surface area contributed by atoms with Crippen molar-refractivity contribution in [1.82, 2.24) is 0 Å². The van der Waals surface area contributed by atoms with Crippen molar-refractivity contribution < 1.29 is 23.8 Å². The molecule has 1 N–H and O–H groups in total. The van der Waals surface area contributed by atoms with E-state index in [2.05, 4.69) is 0 Å². The van der Waals surface area contributed by atoms with E-state index in [1.165, 1.54) is 7.11 Å². The number of rotatable bonds is 5. The van der Waals surface area contributed by atoms with Crippen LogP contribution in [0.3, 0.4) is 0 Å². The lowest BCUT2D eigenvalue weighted by Gasteiger charge is -2.11. The van der Waals surface area contributed by atoms with Crippen LogP contribution in [0.25, 0.3) is 0 Å². The van der Waals surface area contributed by atoms with Crippen molar-refractivity contribution in [1.29, 1.82) is 0 Å². The highest BCUT2D eigenvalue weighted by Crippen LogP contribution is 2.30. The zero-order valence-electron chi connectivity index (χ0n) is 9.12. The number of hydrogen-bond donors (Lipinski definition) is 1. The summed E-state index contributed by atoms with van der Waals surface area (Å²) in [6.07, 6.45) is 0.767. The third-order valence-corrected chi connectivity index (χ3v) is 1.95. The highest BCUT2D eigenvalue weighted by molar-refractivity contribution is 5.88. The molecule has 0 heterocycles. The van der Waals surface area contributed by atoms with Crippen LogP contribution in [-0.2, 0) is 0 Å². The number of halogens is 1. The van der Waals surface area contributed by atoms with Crippen LogP contribution >= 0.6 is 0 Å². The van der Waals surface area contributed by atoms with Crippen LogP contribution in [0.1, 0.15) is 23.7 Å². The normalized spacial score (nSPS) is 9.94. The molecule has 5 heteroatoms. The van der Waals surface area contributed by atoms with E-state index in [9.17, 15) is 9.18 Å². The van der Waals surface area contributed by atoms with E-state index >= 15 is 0 Å². The molecule has 0 saturated carbocycles.